The normalized spacial score (nSPS) is 17.4. The maximum absolute atomic E-state index is 2.82. The van der Waals surface area contributed by atoms with E-state index >= 15 is 0 Å². The fourth-order valence-corrected chi connectivity index (χ4v) is 78.3. The van der Waals surface area contributed by atoms with E-state index in [1.54, 1.807) is 32.3 Å². The predicted molar refractivity (Wildman–Crippen MR) is 221 cm³/mol. The Bertz CT molecular complexity index is 1670. The van der Waals surface area contributed by atoms with Crippen molar-refractivity contribution < 1.29 is 0 Å². The van der Waals surface area contributed by atoms with Crippen molar-refractivity contribution in [1.82, 2.24) is 0 Å². The van der Waals surface area contributed by atoms with Gasteiger partial charge in [0, 0.05) is 40.2 Å². The van der Waals surface area contributed by atoms with Gasteiger partial charge in [0.05, 0.1) is 7.89 Å². The molecule has 1 saturated heterocycles. The fraction of sp³-hybridized carbons (Fsp3) is 0.487. The van der Waals surface area contributed by atoms with Gasteiger partial charge in [0.1, 0.15) is 0 Å². The molecule has 1 fully saturated rings. The molecule has 5 rings (SSSR count). The highest BCUT2D eigenvalue weighted by Crippen LogP contribution is 2.69. The van der Waals surface area contributed by atoms with Crippen molar-refractivity contribution in [2.75, 3.05) is 0 Å². The van der Waals surface area contributed by atoms with Crippen LogP contribution in [-0.4, -0.2) is 48.1 Å². The van der Waals surface area contributed by atoms with Crippen LogP contribution in [0.5, 0.6) is 0 Å². The van der Waals surface area contributed by atoms with E-state index in [1.165, 1.54) is 29.2 Å². The summed E-state index contributed by atoms with van der Waals surface area (Å²) in [6.07, 6.45) is 3.00. The molecule has 1 aliphatic heterocycles. The maximum atomic E-state index is 2.82. The van der Waals surface area contributed by atoms with Crippen molar-refractivity contribution >= 4 is 80.0 Å². The van der Waals surface area contributed by atoms with E-state index in [9.17, 15) is 0 Å². The second-order valence-corrected chi connectivity index (χ2v) is 50.1. The van der Waals surface area contributed by atoms with Gasteiger partial charge in [-0.15, -0.1) is 0 Å². The monoisotopic (exact) mass is 696 g/mol. The van der Waals surface area contributed by atoms with Crippen LogP contribution in [0, 0.1) is 20.8 Å². The van der Waals surface area contributed by atoms with Crippen LogP contribution in [0.2, 0.25) is 87.1 Å². The SMILES string of the molecule is Cc1cc(C)c([Si](c2c3ccccc3cc3ccccc23)=[Si]2C([Si](C)(C)C)([Si](C)(C)C)CCC2([Si](C)(C)C)[Si](C)(C)C)c(C)c1. The molecule has 0 aromatic heterocycles. The smallest absolute Gasteiger partial charge is 0.0600 e. The number of hydrogen-bond donors (Lipinski definition) is 0. The first-order chi connectivity index (χ1) is 20.6. The van der Waals surface area contributed by atoms with Crippen molar-refractivity contribution in [2.24, 2.45) is 0 Å². The quantitative estimate of drug-likeness (QED) is 0.139. The molecule has 0 aliphatic carbocycles. The Kier molecular flexibility index (Phi) is 8.87. The van der Waals surface area contributed by atoms with E-state index < -0.39 is 48.1 Å². The molecule has 0 nitrogen and oxygen atoms in total. The van der Waals surface area contributed by atoms with E-state index in [2.05, 4.69) is 166 Å². The summed E-state index contributed by atoms with van der Waals surface area (Å²) < 4.78 is 1.11. The van der Waals surface area contributed by atoms with Crippen LogP contribution in [0.4, 0.5) is 0 Å². The Morgan fingerprint density at radius 1 is 0.511 bits per heavy atom. The second kappa shape index (κ2) is 11.4. The second-order valence-electron chi connectivity index (χ2n) is 18.5. The molecule has 0 radical (unpaired) electrons. The molecule has 0 saturated carbocycles. The molecular formula is C39H60Si6. The van der Waals surface area contributed by atoms with Crippen LogP contribution >= 0.6 is 0 Å². The average Bonchev–Trinajstić information content (AvgIpc) is 3.29. The van der Waals surface area contributed by atoms with E-state index in [4.69, 9.17) is 0 Å². The number of aryl methyl sites for hydroxylation is 3. The van der Waals surface area contributed by atoms with Crippen LogP contribution in [-0.2, 0) is 0 Å². The summed E-state index contributed by atoms with van der Waals surface area (Å²) in [7, 11) is -8.78. The maximum Gasteiger partial charge on any atom is 0.0600 e. The van der Waals surface area contributed by atoms with Gasteiger partial charge < -0.3 is 0 Å². The minimum Gasteiger partial charge on any atom is -0.0694 e. The molecule has 1 heterocycles. The zero-order valence-corrected chi connectivity index (χ0v) is 37.3. The standard InChI is InChI=1S/C39H60Si6/c1-29-26-30(2)36(31(3)27-29)40(37-34-22-18-16-20-32(34)28-33-21-17-19-23-35(33)37)41-38(42(4,5)6,43(7,8)9)24-25-39(41,44(10,11)12)45(13,14)15/h16-23,26-28H,24-25H2,1-15H3. The van der Waals surface area contributed by atoms with E-state index in [-0.39, 0.29) is 0 Å². The van der Waals surface area contributed by atoms with Crippen LogP contribution in [0.1, 0.15) is 29.5 Å². The molecule has 6 heteroatoms. The van der Waals surface area contributed by atoms with Crippen LogP contribution in [0.3, 0.4) is 0 Å². The minimum absolute atomic E-state index is 0.557. The molecular weight excluding hydrogens is 637 g/mol. The Morgan fingerprint density at radius 3 is 1.22 bits per heavy atom. The highest BCUT2D eigenvalue weighted by molar-refractivity contribution is 7.31. The van der Waals surface area contributed by atoms with Gasteiger partial charge in [0.15, 0.2) is 0 Å². The van der Waals surface area contributed by atoms with Crippen LogP contribution in [0.25, 0.3) is 21.5 Å². The number of hydrogen-bond acceptors (Lipinski definition) is 0. The van der Waals surface area contributed by atoms with Crippen molar-refractivity contribution in [3.63, 3.8) is 0 Å². The zero-order chi connectivity index (χ0) is 33.5. The molecule has 4 aromatic carbocycles. The molecule has 0 N–H and O–H groups in total. The zero-order valence-electron chi connectivity index (χ0n) is 31.3. The third-order valence-corrected chi connectivity index (χ3v) is 57.9. The fourth-order valence-electron chi connectivity index (χ4n) is 10.9. The summed E-state index contributed by atoms with van der Waals surface area (Å²) >= 11 is 0. The summed E-state index contributed by atoms with van der Waals surface area (Å²) in [6, 6.07) is 26.6. The lowest BCUT2D eigenvalue weighted by Crippen LogP contribution is -2.69. The summed E-state index contributed by atoms with van der Waals surface area (Å²) in [4.78, 5) is 0. The van der Waals surface area contributed by atoms with Crippen molar-refractivity contribution in [2.45, 2.75) is 121 Å². The third-order valence-electron chi connectivity index (χ3n) is 12.0. The molecule has 0 amide bonds. The lowest BCUT2D eigenvalue weighted by Gasteiger charge is -2.58. The lowest BCUT2D eigenvalue weighted by molar-refractivity contribution is 0.763. The van der Waals surface area contributed by atoms with Gasteiger partial charge in [-0.25, -0.2) is 0 Å². The molecule has 0 bridgehead atoms. The van der Waals surface area contributed by atoms with E-state index in [0.29, 0.717) is 8.57 Å². The molecule has 0 atom stereocenters. The third kappa shape index (κ3) is 5.28. The molecule has 4 aromatic rings. The Hall–Kier alpha value is -1.30. The average molecular weight is 697 g/mol. The van der Waals surface area contributed by atoms with Crippen molar-refractivity contribution in [1.29, 1.82) is 0 Å². The summed E-state index contributed by atoms with van der Waals surface area (Å²) in [5.41, 5.74) is 4.57. The van der Waals surface area contributed by atoms with Crippen molar-refractivity contribution in [3.8, 4) is 0 Å². The molecule has 240 valence electrons. The van der Waals surface area contributed by atoms with Gasteiger partial charge in [-0.2, -0.15) is 0 Å². The van der Waals surface area contributed by atoms with E-state index in [0.717, 1.165) is 0 Å². The van der Waals surface area contributed by atoms with Gasteiger partial charge in [0.2, 0.25) is 0 Å². The highest BCUT2D eigenvalue weighted by atomic mass is 28.9. The molecule has 0 spiro atoms. The van der Waals surface area contributed by atoms with Gasteiger partial charge in [-0.05, 0) is 78.5 Å². The minimum atomic E-state index is -1.65. The van der Waals surface area contributed by atoms with Gasteiger partial charge in [0.25, 0.3) is 0 Å². The first kappa shape index (κ1) is 35.0. The van der Waals surface area contributed by atoms with Crippen molar-refractivity contribution in [3.05, 3.63) is 83.4 Å². The first-order valence-corrected chi connectivity index (χ1v) is 35.3. The summed E-state index contributed by atoms with van der Waals surface area (Å²) in [6.45, 7) is 41.1. The Balaban J connectivity index is 2.28. The summed E-state index contributed by atoms with van der Waals surface area (Å²) in [5, 5.41) is 9.55. The van der Waals surface area contributed by atoms with Gasteiger partial charge in [-0.1, -0.05) is 158 Å². The summed E-state index contributed by atoms with van der Waals surface area (Å²) in [5.74, 6) is 0. The predicted octanol–water partition coefficient (Wildman–Crippen LogP) is 10.9. The van der Waals surface area contributed by atoms with Gasteiger partial charge >= 0.3 is 0 Å². The topological polar surface area (TPSA) is 0 Å². The molecule has 45 heavy (non-hydrogen) atoms. The van der Waals surface area contributed by atoms with Gasteiger partial charge in [-0.3, -0.25) is 0 Å². The lowest BCUT2D eigenvalue weighted by atomic mass is 10.0. The highest BCUT2D eigenvalue weighted by Gasteiger charge is 2.70. The number of fused-ring (bicyclic) bond motifs is 2. The number of rotatable bonds is 6. The Labute approximate surface area is 282 Å². The molecule has 1 aliphatic rings. The van der Waals surface area contributed by atoms with Crippen LogP contribution < -0.4 is 10.4 Å². The Morgan fingerprint density at radius 2 is 0.867 bits per heavy atom. The first-order valence-electron chi connectivity index (χ1n) is 17.3. The molecule has 0 unspecified atom stereocenters. The number of benzene rings is 4. The van der Waals surface area contributed by atoms with E-state index in [1.807, 2.05) is 0 Å². The largest absolute Gasteiger partial charge is 0.0694 e. The van der Waals surface area contributed by atoms with Crippen LogP contribution in [0.15, 0.2) is 66.7 Å².